The fourth-order valence-corrected chi connectivity index (χ4v) is 2.48. The first-order valence-electron chi connectivity index (χ1n) is 5.86. The molecule has 2 aromatic rings. The van der Waals surface area contributed by atoms with Crippen LogP contribution in [0.15, 0.2) is 34.3 Å². The van der Waals surface area contributed by atoms with Crippen LogP contribution in [0.5, 0.6) is 0 Å². The van der Waals surface area contributed by atoms with Gasteiger partial charge in [-0.25, -0.2) is 9.97 Å². The van der Waals surface area contributed by atoms with Gasteiger partial charge in [0.05, 0.1) is 0 Å². The lowest BCUT2D eigenvalue weighted by atomic mass is 10.1. The number of aromatic nitrogens is 2. The van der Waals surface area contributed by atoms with Crippen molar-refractivity contribution in [1.29, 1.82) is 0 Å². The quantitative estimate of drug-likeness (QED) is 0.855. The zero-order valence-corrected chi connectivity index (χ0v) is 11.9. The van der Waals surface area contributed by atoms with Gasteiger partial charge in [0.2, 0.25) is 5.95 Å². The molecule has 0 saturated carbocycles. The van der Waals surface area contributed by atoms with Crippen LogP contribution in [0.4, 0.5) is 5.95 Å². The van der Waals surface area contributed by atoms with E-state index in [9.17, 15) is 0 Å². The summed E-state index contributed by atoms with van der Waals surface area (Å²) in [5.74, 6) is 0.659. The molecule has 1 N–H and O–H groups in total. The molecule has 0 bridgehead atoms. The summed E-state index contributed by atoms with van der Waals surface area (Å²) in [4.78, 5) is 9.88. The summed E-state index contributed by atoms with van der Waals surface area (Å²) in [5.41, 5.74) is 3.72. The van der Waals surface area contributed by atoms with Crippen LogP contribution in [0.2, 0.25) is 0 Å². The van der Waals surface area contributed by atoms with Crippen molar-refractivity contribution in [1.82, 2.24) is 9.97 Å². The van der Waals surface area contributed by atoms with E-state index in [-0.39, 0.29) is 0 Å². The Morgan fingerprint density at radius 3 is 2.50 bits per heavy atom. The van der Waals surface area contributed by atoms with E-state index < -0.39 is 0 Å². The third-order valence-electron chi connectivity index (χ3n) is 2.84. The van der Waals surface area contributed by atoms with Gasteiger partial charge in [-0.1, -0.05) is 17.8 Å². The molecule has 94 valence electrons. The molecule has 0 spiro atoms. The minimum atomic E-state index is 0.659. The van der Waals surface area contributed by atoms with Crippen molar-refractivity contribution in [3.8, 4) is 0 Å². The van der Waals surface area contributed by atoms with Crippen molar-refractivity contribution in [2.75, 3.05) is 12.4 Å². The van der Waals surface area contributed by atoms with Gasteiger partial charge in [0.15, 0.2) is 0 Å². The van der Waals surface area contributed by atoms with E-state index >= 15 is 0 Å². The number of hydrogen-bond acceptors (Lipinski definition) is 4. The highest BCUT2D eigenvalue weighted by molar-refractivity contribution is 7.99. The molecule has 18 heavy (non-hydrogen) atoms. The van der Waals surface area contributed by atoms with Crippen LogP contribution >= 0.6 is 11.8 Å². The van der Waals surface area contributed by atoms with E-state index in [1.165, 1.54) is 16.0 Å². The molecule has 0 aliphatic rings. The SMILES string of the molecule is CNc1ncc(C)c(Sc2ccc(C)c(C)c2)n1. The van der Waals surface area contributed by atoms with Crippen molar-refractivity contribution in [3.63, 3.8) is 0 Å². The second kappa shape index (κ2) is 5.40. The summed E-state index contributed by atoms with van der Waals surface area (Å²) in [7, 11) is 1.83. The normalized spacial score (nSPS) is 10.4. The lowest BCUT2D eigenvalue weighted by molar-refractivity contribution is 1.00. The average molecular weight is 259 g/mol. The highest BCUT2D eigenvalue weighted by Crippen LogP contribution is 2.30. The van der Waals surface area contributed by atoms with Crippen molar-refractivity contribution < 1.29 is 0 Å². The Balaban J connectivity index is 2.30. The number of hydrogen-bond donors (Lipinski definition) is 1. The van der Waals surface area contributed by atoms with Crippen LogP contribution in [0.1, 0.15) is 16.7 Å². The molecule has 0 unspecified atom stereocenters. The number of anilines is 1. The molecule has 1 aromatic carbocycles. The van der Waals surface area contributed by atoms with Gasteiger partial charge in [-0.2, -0.15) is 0 Å². The molecule has 0 saturated heterocycles. The molecular formula is C14H17N3S. The standard InChI is InChI=1S/C14H17N3S/c1-9-5-6-12(7-10(9)2)18-13-11(3)8-16-14(15-4)17-13/h5-8H,1-4H3,(H,15,16,17). The molecule has 1 heterocycles. The molecule has 0 radical (unpaired) electrons. The van der Waals surface area contributed by atoms with E-state index in [0.29, 0.717) is 5.95 Å². The van der Waals surface area contributed by atoms with Crippen LogP contribution in [0.25, 0.3) is 0 Å². The molecule has 2 rings (SSSR count). The lowest BCUT2D eigenvalue weighted by Gasteiger charge is -2.08. The van der Waals surface area contributed by atoms with Gasteiger partial charge in [-0.3, -0.25) is 0 Å². The van der Waals surface area contributed by atoms with Crippen LogP contribution < -0.4 is 5.32 Å². The van der Waals surface area contributed by atoms with Crippen LogP contribution in [-0.2, 0) is 0 Å². The third kappa shape index (κ3) is 2.82. The van der Waals surface area contributed by atoms with Gasteiger partial charge < -0.3 is 5.32 Å². The van der Waals surface area contributed by atoms with Gasteiger partial charge in [0.25, 0.3) is 0 Å². The molecule has 0 aliphatic carbocycles. The zero-order chi connectivity index (χ0) is 13.1. The number of rotatable bonds is 3. The number of nitrogens with zero attached hydrogens (tertiary/aromatic N) is 2. The second-order valence-electron chi connectivity index (χ2n) is 4.28. The Morgan fingerprint density at radius 1 is 1.06 bits per heavy atom. The number of aryl methyl sites for hydroxylation is 3. The summed E-state index contributed by atoms with van der Waals surface area (Å²) in [6.07, 6.45) is 1.85. The molecule has 0 aliphatic heterocycles. The van der Waals surface area contributed by atoms with E-state index in [4.69, 9.17) is 0 Å². The van der Waals surface area contributed by atoms with Gasteiger partial charge >= 0.3 is 0 Å². The van der Waals surface area contributed by atoms with Gasteiger partial charge in [-0.15, -0.1) is 0 Å². The monoisotopic (exact) mass is 259 g/mol. The average Bonchev–Trinajstić information content (AvgIpc) is 2.36. The third-order valence-corrected chi connectivity index (χ3v) is 3.94. The maximum absolute atomic E-state index is 4.48. The number of nitrogens with one attached hydrogen (secondary N) is 1. The van der Waals surface area contributed by atoms with Crippen LogP contribution in [-0.4, -0.2) is 17.0 Å². The maximum Gasteiger partial charge on any atom is 0.223 e. The van der Waals surface area contributed by atoms with Gasteiger partial charge in [-0.05, 0) is 44.0 Å². The van der Waals surface area contributed by atoms with Crippen molar-refractivity contribution in [3.05, 3.63) is 41.1 Å². The second-order valence-corrected chi connectivity index (χ2v) is 5.34. The van der Waals surface area contributed by atoms with Gasteiger partial charge in [0.1, 0.15) is 5.03 Å². The molecule has 3 nitrogen and oxygen atoms in total. The largest absolute Gasteiger partial charge is 0.357 e. The Labute approximate surface area is 112 Å². The number of benzene rings is 1. The highest BCUT2D eigenvalue weighted by Gasteiger charge is 2.06. The van der Waals surface area contributed by atoms with Crippen LogP contribution in [0.3, 0.4) is 0 Å². The molecule has 4 heteroatoms. The first-order chi connectivity index (χ1) is 8.60. The van der Waals surface area contributed by atoms with Crippen LogP contribution in [0, 0.1) is 20.8 Å². The summed E-state index contributed by atoms with van der Waals surface area (Å²) in [5, 5.41) is 3.96. The maximum atomic E-state index is 4.48. The summed E-state index contributed by atoms with van der Waals surface area (Å²) in [6, 6.07) is 6.47. The smallest absolute Gasteiger partial charge is 0.223 e. The summed E-state index contributed by atoms with van der Waals surface area (Å²) in [6.45, 7) is 6.28. The fraction of sp³-hybridized carbons (Fsp3) is 0.286. The fourth-order valence-electron chi connectivity index (χ4n) is 1.54. The Kier molecular flexibility index (Phi) is 3.87. The van der Waals surface area contributed by atoms with E-state index in [2.05, 4.69) is 47.3 Å². The van der Waals surface area contributed by atoms with E-state index in [0.717, 1.165) is 10.6 Å². The minimum Gasteiger partial charge on any atom is -0.357 e. The topological polar surface area (TPSA) is 37.8 Å². The van der Waals surface area contributed by atoms with Crippen molar-refractivity contribution >= 4 is 17.7 Å². The lowest BCUT2D eigenvalue weighted by Crippen LogP contribution is -1.98. The molecule has 1 aromatic heterocycles. The molecular weight excluding hydrogens is 242 g/mol. The van der Waals surface area contributed by atoms with E-state index in [1.54, 1.807) is 11.8 Å². The molecule has 0 atom stereocenters. The predicted octanol–water partition coefficient (Wildman–Crippen LogP) is 3.59. The predicted molar refractivity (Wildman–Crippen MR) is 76.4 cm³/mol. The van der Waals surface area contributed by atoms with Crippen molar-refractivity contribution in [2.45, 2.75) is 30.7 Å². The minimum absolute atomic E-state index is 0.659. The molecule has 0 fully saturated rings. The van der Waals surface area contributed by atoms with E-state index in [1.807, 2.05) is 20.2 Å². The van der Waals surface area contributed by atoms with Gasteiger partial charge in [0, 0.05) is 23.7 Å². The summed E-state index contributed by atoms with van der Waals surface area (Å²) < 4.78 is 0. The Morgan fingerprint density at radius 2 is 1.83 bits per heavy atom. The Hall–Kier alpha value is -1.55. The van der Waals surface area contributed by atoms with Crippen molar-refractivity contribution in [2.24, 2.45) is 0 Å². The zero-order valence-electron chi connectivity index (χ0n) is 11.1. The highest BCUT2D eigenvalue weighted by atomic mass is 32.2. The first-order valence-corrected chi connectivity index (χ1v) is 6.68. The summed E-state index contributed by atoms with van der Waals surface area (Å²) >= 11 is 1.68. The Bertz CT molecular complexity index is 567. The molecule has 0 amide bonds. The first kappa shape index (κ1) is 12.9.